The Kier molecular flexibility index (Phi) is 34.3. The van der Waals surface area contributed by atoms with E-state index in [1.54, 1.807) is 6.92 Å². The first-order chi connectivity index (χ1) is 23.3. The van der Waals surface area contributed by atoms with Crippen LogP contribution in [0.4, 0.5) is 0 Å². The second-order valence-electron chi connectivity index (χ2n) is 13.0. The molecule has 2 unspecified atom stereocenters. The van der Waals surface area contributed by atoms with E-state index < -0.39 is 26.5 Å². The van der Waals surface area contributed by atoms with Gasteiger partial charge in [0.2, 0.25) is 0 Å². The van der Waals surface area contributed by atoms with Crippen molar-refractivity contribution in [1.29, 1.82) is 0 Å². The molecule has 0 aromatic heterocycles. The number of carbonyl (C=O) groups is 2. The van der Waals surface area contributed by atoms with Gasteiger partial charge in [-0.3, -0.25) is 18.6 Å². The molecule has 0 aliphatic heterocycles. The first-order valence-electron chi connectivity index (χ1n) is 19.6. The summed E-state index contributed by atoms with van der Waals surface area (Å²) < 4.78 is 32.5. The zero-order valence-corrected chi connectivity index (χ0v) is 32.0. The lowest BCUT2D eigenvalue weighted by Crippen LogP contribution is -2.29. The SMILES string of the molecule is CCC/C=C\C/C=C\CCCCCCCC(=O)OC(COC(=O)CCCCCCCCCCCCCCCCC)COP(=O)(O)OCC. The Morgan fingerprint density at radius 1 is 0.562 bits per heavy atom. The van der Waals surface area contributed by atoms with Crippen LogP contribution in [0, 0.1) is 0 Å². The van der Waals surface area contributed by atoms with Crippen molar-refractivity contribution in [2.45, 2.75) is 194 Å². The molecule has 9 heteroatoms. The van der Waals surface area contributed by atoms with E-state index in [-0.39, 0.29) is 25.6 Å². The first kappa shape index (κ1) is 46.5. The molecule has 0 spiro atoms. The zero-order chi connectivity index (χ0) is 35.4. The predicted molar refractivity (Wildman–Crippen MR) is 198 cm³/mol. The molecule has 0 radical (unpaired) electrons. The topological polar surface area (TPSA) is 108 Å². The number of esters is 2. The number of carbonyl (C=O) groups excluding carboxylic acids is 2. The molecular formula is C39H73O8P. The third-order valence-electron chi connectivity index (χ3n) is 8.24. The van der Waals surface area contributed by atoms with E-state index in [0.717, 1.165) is 64.2 Å². The number of allylic oxidation sites excluding steroid dienone is 4. The van der Waals surface area contributed by atoms with Gasteiger partial charge in [0, 0.05) is 12.8 Å². The van der Waals surface area contributed by atoms with Crippen LogP contribution in [0.15, 0.2) is 24.3 Å². The van der Waals surface area contributed by atoms with Crippen LogP contribution in [-0.2, 0) is 32.7 Å². The first-order valence-corrected chi connectivity index (χ1v) is 21.1. The highest BCUT2D eigenvalue weighted by Crippen LogP contribution is 2.43. The summed E-state index contributed by atoms with van der Waals surface area (Å²) in [5.41, 5.74) is 0. The van der Waals surface area contributed by atoms with Crippen LogP contribution < -0.4 is 0 Å². The van der Waals surface area contributed by atoms with Crippen molar-refractivity contribution in [1.82, 2.24) is 0 Å². The molecular weight excluding hydrogens is 627 g/mol. The summed E-state index contributed by atoms with van der Waals surface area (Å²) >= 11 is 0. The van der Waals surface area contributed by atoms with Crippen molar-refractivity contribution in [2.75, 3.05) is 19.8 Å². The van der Waals surface area contributed by atoms with Crippen molar-refractivity contribution < 1.29 is 37.6 Å². The number of ether oxygens (including phenoxy) is 2. The number of phosphoric ester groups is 1. The van der Waals surface area contributed by atoms with Gasteiger partial charge in [0.1, 0.15) is 6.61 Å². The maximum absolute atomic E-state index is 12.5. The molecule has 282 valence electrons. The van der Waals surface area contributed by atoms with Crippen LogP contribution in [0.2, 0.25) is 0 Å². The molecule has 0 aromatic rings. The molecule has 0 amide bonds. The highest BCUT2D eigenvalue weighted by atomic mass is 31.2. The van der Waals surface area contributed by atoms with E-state index in [9.17, 15) is 19.0 Å². The average molecular weight is 701 g/mol. The minimum atomic E-state index is -4.27. The van der Waals surface area contributed by atoms with Gasteiger partial charge in [-0.25, -0.2) is 4.57 Å². The Labute approximate surface area is 294 Å². The Hall–Kier alpha value is -1.47. The van der Waals surface area contributed by atoms with Crippen molar-refractivity contribution in [3.05, 3.63) is 24.3 Å². The van der Waals surface area contributed by atoms with Crippen molar-refractivity contribution in [3.63, 3.8) is 0 Å². The lowest BCUT2D eigenvalue weighted by atomic mass is 10.0. The van der Waals surface area contributed by atoms with Gasteiger partial charge in [0.05, 0.1) is 13.2 Å². The van der Waals surface area contributed by atoms with Gasteiger partial charge in [-0.15, -0.1) is 0 Å². The van der Waals surface area contributed by atoms with E-state index in [1.165, 1.54) is 83.5 Å². The summed E-state index contributed by atoms with van der Waals surface area (Å²) in [7, 11) is -4.27. The second kappa shape index (κ2) is 35.4. The summed E-state index contributed by atoms with van der Waals surface area (Å²) in [4.78, 5) is 34.6. The van der Waals surface area contributed by atoms with Crippen LogP contribution in [0.3, 0.4) is 0 Å². The molecule has 0 bridgehead atoms. The number of rotatable bonds is 36. The Morgan fingerprint density at radius 2 is 1.04 bits per heavy atom. The monoisotopic (exact) mass is 701 g/mol. The third kappa shape index (κ3) is 34.4. The fourth-order valence-corrected chi connectivity index (χ4v) is 6.13. The maximum Gasteiger partial charge on any atom is 0.472 e. The normalized spacial score (nSPS) is 13.7. The molecule has 1 N–H and O–H groups in total. The van der Waals surface area contributed by atoms with Gasteiger partial charge in [-0.1, -0.05) is 154 Å². The molecule has 0 aliphatic carbocycles. The second-order valence-corrected chi connectivity index (χ2v) is 14.4. The Balaban J connectivity index is 4.13. The van der Waals surface area contributed by atoms with Crippen molar-refractivity contribution in [2.24, 2.45) is 0 Å². The summed E-state index contributed by atoms with van der Waals surface area (Å²) in [6.07, 6.45) is 36.5. The Bertz CT molecular complexity index is 844. The minimum absolute atomic E-state index is 0.000842. The summed E-state index contributed by atoms with van der Waals surface area (Å²) in [5, 5.41) is 0. The molecule has 0 fully saturated rings. The molecule has 0 rings (SSSR count). The van der Waals surface area contributed by atoms with E-state index in [0.29, 0.717) is 12.8 Å². The smallest absolute Gasteiger partial charge is 0.462 e. The summed E-state index contributed by atoms with van der Waals surface area (Å²) in [6, 6.07) is 0. The molecule has 48 heavy (non-hydrogen) atoms. The quantitative estimate of drug-likeness (QED) is 0.0298. The van der Waals surface area contributed by atoms with Gasteiger partial charge in [-0.2, -0.15) is 0 Å². The fraction of sp³-hybridized carbons (Fsp3) is 0.846. The van der Waals surface area contributed by atoms with Crippen LogP contribution in [0.1, 0.15) is 188 Å². The number of hydrogen-bond acceptors (Lipinski definition) is 7. The average Bonchev–Trinajstić information content (AvgIpc) is 3.06. The van der Waals surface area contributed by atoms with E-state index in [2.05, 4.69) is 38.2 Å². The molecule has 8 nitrogen and oxygen atoms in total. The lowest BCUT2D eigenvalue weighted by Gasteiger charge is -2.19. The van der Waals surface area contributed by atoms with E-state index in [4.69, 9.17) is 18.5 Å². The predicted octanol–water partition coefficient (Wildman–Crippen LogP) is 11.9. The number of phosphoric acid groups is 1. The molecule has 0 saturated heterocycles. The molecule has 0 heterocycles. The van der Waals surface area contributed by atoms with Crippen molar-refractivity contribution >= 4 is 19.8 Å². The minimum Gasteiger partial charge on any atom is -0.462 e. The van der Waals surface area contributed by atoms with Crippen LogP contribution in [0.25, 0.3) is 0 Å². The van der Waals surface area contributed by atoms with E-state index >= 15 is 0 Å². The third-order valence-corrected chi connectivity index (χ3v) is 9.30. The van der Waals surface area contributed by atoms with Crippen LogP contribution in [0.5, 0.6) is 0 Å². The van der Waals surface area contributed by atoms with Gasteiger partial charge in [0.15, 0.2) is 6.10 Å². The highest BCUT2D eigenvalue weighted by molar-refractivity contribution is 7.47. The van der Waals surface area contributed by atoms with Crippen LogP contribution in [-0.4, -0.2) is 42.8 Å². The van der Waals surface area contributed by atoms with Gasteiger partial charge < -0.3 is 14.4 Å². The summed E-state index contributed by atoms with van der Waals surface area (Å²) in [5.74, 6) is -0.809. The van der Waals surface area contributed by atoms with E-state index in [1.807, 2.05) is 0 Å². The van der Waals surface area contributed by atoms with Gasteiger partial charge >= 0.3 is 19.8 Å². The Morgan fingerprint density at radius 3 is 1.56 bits per heavy atom. The van der Waals surface area contributed by atoms with Gasteiger partial charge in [0.25, 0.3) is 0 Å². The maximum atomic E-state index is 12.5. The number of unbranched alkanes of at least 4 members (excludes halogenated alkanes) is 20. The standard InChI is InChI=1S/C39H73O8P/c1-4-7-9-11-13-15-17-19-20-22-23-25-27-29-31-33-38(40)44-35-37(36-46-48(42,43)45-6-3)47-39(41)34-32-30-28-26-24-21-18-16-14-12-10-8-5-2/h10,12,16,18,37H,4-9,11,13-15,17,19-36H2,1-3H3,(H,42,43)/b12-10-,18-16-. The largest absolute Gasteiger partial charge is 0.472 e. The molecule has 0 aliphatic rings. The molecule has 0 saturated carbocycles. The fourth-order valence-electron chi connectivity index (χ4n) is 5.37. The highest BCUT2D eigenvalue weighted by Gasteiger charge is 2.25. The lowest BCUT2D eigenvalue weighted by molar-refractivity contribution is -0.161. The van der Waals surface area contributed by atoms with Crippen molar-refractivity contribution in [3.8, 4) is 0 Å². The van der Waals surface area contributed by atoms with Gasteiger partial charge in [-0.05, 0) is 45.4 Å². The molecule has 2 atom stereocenters. The van der Waals surface area contributed by atoms with Crippen LogP contribution >= 0.6 is 7.82 Å². The number of hydrogen-bond donors (Lipinski definition) is 1. The molecule has 0 aromatic carbocycles. The summed E-state index contributed by atoms with van der Waals surface area (Å²) in [6.45, 7) is 5.39. The zero-order valence-electron chi connectivity index (χ0n) is 31.1.